The van der Waals surface area contributed by atoms with Gasteiger partial charge in [0.1, 0.15) is 17.6 Å². The molecule has 0 aliphatic heterocycles. The fourth-order valence-corrected chi connectivity index (χ4v) is 1.37. The number of nitro benzene ring substituents is 1. The van der Waals surface area contributed by atoms with E-state index in [-0.39, 0.29) is 17.6 Å². The van der Waals surface area contributed by atoms with Crippen LogP contribution in [0, 0.1) is 10.1 Å². The van der Waals surface area contributed by atoms with Crippen LogP contribution in [0.2, 0.25) is 0 Å². The molecule has 0 N–H and O–H groups in total. The third kappa shape index (κ3) is 2.12. The first-order valence-corrected chi connectivity index (χ1v) is 4.58. The Labute approximate surface area is 85.8 Å². The van der Waals surface area contributed by atoms with Gasteiger partial charge < -0.3 is 4.74 Å². The van der Waals surface area contributed by atoms with E-state index in [1.807, 2.05) is 0 Å². The lowest BCUT2D eigenvalue weighted by molar-refractivity contribution is -0.384. The summed E-state index contributed by atoms with van der Waals surface area (Å²) in [5, 5.41) is 10.4. The van der Waals surface area contributed by atoms with E-state index in [4.69, 9.17) is 4.74 Å². The van der Waals surface area contributed by atoms with Crippen LogP contribution in [0.4, 0.5) is 5.69 Å². The molecule has 5 heteroatoms. The van der Waals surface area contributed by atoms with Gasteiger partial charge in [0.25, 0.3) is 5.69 Å². The van der Waals surface area contributed by atoms with Crippen LogP contribution in [0.15, 0.2) is 24.3 Å². The number of rotatable bonds is 3. The molecule has 0 unspecified atom stereocenters. The molecule has 0 amide bonds. The smallest absolute Gasteiger partial charge is 0.269 e. The molecule has 0 aromatic heterocycles. The van der Waals surface area contributed by atoms with Crippen LogP contribution in [0.5, 0.6) is 5.75 Å². The molecule has 0 atom stereocenters. The monoisotopic (exact) mass is 207 g/mol. The van der Waals surface area contributed by atoms with Gasteiger partial charge in [-0.05, 0) is 12.1 Å². The average molecular weight is 207 g/mol. The van der Waals surface area contributed by atoms with E-state index in [0.717, 1.165) is 0 Å². The predicted octanol–water partition coefficient (Wildman–Crippen LogP) is 1.71. The summed E-state index contributed by atoms with van der Waals surface area (Å²) >= 11 is 0. The number of hydrogen-bond acceptors (Lipinski definition) is 4. The molecule has 78 valence electrons. The number of carbonyl (C=O) groups excluding carboxylic acids is 1. The molecular weight excluding hydrogens is 198 g/mol. The normalized spacial score (nSPS) is 15.9. The van der Waals surface area contributed by atoms with Gasteiger partial charge in [-0.1, -0.05) is 0 Å². The Kier molecular flexibility index (Phi) is 2.37. The van der Waals surface area contributed by atoms with Gasteiger partial charge in [-0.2, -0.15) is 0 Å². The number of non-ortho nitro benzene ring substituents is 1. The maximum Gasteiger partial charge on any atom is 0.269 e. The standard InChI is InChI=1S/C10H9NO4/c12-8-5-10(6-8)15-9-3-1-7(2-4-9)11(13)14/h1-4,10H,5-6H2. The van der Waals surface area contributed by atoms with Crippen molar-refractivity contribution in [2.45, 2.75) is 18.9 Å². The quantitative estimate of drug-likeness (QED) is 0.558. The van der Waals surface area contributed by atoms with Crippen LogP contribution < -0.4 is 4.74 Å². The van der Waals surface area contributed by atoms with Gasteiger partial charge in [-0.25, -0.2) is 0 Å². The van der Waals surface area contributed by atoms with Crippen LogP contribution in [-0.2, 0) is 4.79 Å². The Morgan fingerprint density at radius 3 is 2.33 bits per heavy atom. The minimum atomic E-state index is -0.462. The third-order valence-corrected chi connectivity index (χ3v) is 2.26. The summed E-state index contributed by atoms with van der Waals surface area (Å²) in [7, 11) is 0. The molecule has 1 aromatic carbocycles. The maximum atomic E-state index is 10.7. The average Bonchev–Trinajstić information content (AvgIpc) is 2.16. The van der Waals surface area contributed by atoms with Crippen molar-refractivity contribution < 1.29 is 14.5 Å². The van der Waals surface area contributed by atoms with Crippen molar-refractivity contribution in [3.8, 4) is 5.75 Å². The summed E-state index contributed by atoms with van der Waals surface area (Å²) < 4.78 is 5.41. The molecule has 1 fully saturated rings. The zero-order chi connectivity index (χ0) is 10.8. The van der Waals surface area contributed by atoms with Gasteiger partial charge in [0.05, 0.1) is 4.92 Å². The Hall–Kier alpha value is -1.91. The highest BCUT2D eigenvalue weighted by Crippen LogP contribution is 2.24. The molecule has 5 nitrogen and oxygen atoms in total. The first kappa shape index (κ1) is 9.64. The highest BCUT2D eigenvalue weighted by Gasteiger charge is 2.28. The number of benzene rings is 1. The lowest BCUT2D eigenvalue weighted by atomic mass is 9.94. The Bertz CT molecular complexity index is 390. The van der Waals surface area contributed by atoms with Crippen molar-refractivity contribution in [3.05, 3.63) is 34.4 Å². The van der Waals surface area contributed by atoms with Gasteiger partial charge in [0.15, 0.2) is 0 Å². The number of carbonyl (C=O) groups is 1. The van der Waals surface area contributed by atoms with Crippen molar-refractivity contribution in [1.82, 2.24) is 0 Å². The minimum Gasteiger partial charge on any atom is -0.490 e. The summed E-state index contributed by atoms with van der Waals surface area (Å²) in [6, 6.07) is 5.85. The zero-order valence-corrected chi connectivity index (χ0v) is 7.88. The van der Waals surface area contributed by atoms with Gasteiger partial charge in [0.2, 0.25) is 0 Å². The highest BCUT2D eigenvalue weighted by atomic mass is 16.6. The number of nitro groups is 1. The second-order valence-electron chi connectivity index (χ2n) is 3.44. The second kappa shape index (κ2) is 3.68. The lowest BCUT2D eigenvalue weighted by Crippen LogP contribution is -2.33. The summed E-state index contributed by atoms with van der Waals surface area (Å²) in [6.07, 6.45) is 0.826. The van der Waals surface area contributed by atoms with E-state index in [9.17, 15) is 14.9 Å². The van der Waals surface area contributed by atoms with Crippen molar-refractivity contribution >= 4 is 11.5 Å². The largest absolute Gasteiger partial charge is 0.490 e. The Balaban J connectivity index is 1.98. The molecule has 0 heterocycles. The summed E-state index contributed by atoms with van der Waals surface area (Å²) in [4.78, 5) is 20.6. The van der Waals surface area contributed by atoms with Crippen LogP contribution in [0.25, 0.3) is 0 Å². The Morgan fingerprint density at radius 1 is 1.27 bits per heavy atom. The number of hydrogen-bond donors (Lipinski definition) is 0. The first-order chi connectivity index (χ1) is 7.15. The molecule has 1 aliphatic rings. The summed E-state index contributed by atoms with van der Waals surface area (Å²) in [5.74, 6) is 0.764. The molecule has 1 aliphatic carbocycles. The molecule has 1 aromatic rings. The minimum absolute atomic E-state index is 0.0343. The molecule has 15 heavy (non-hydrogen) atoms. The molecule has 0 saturated heterocycles. The lowest BCUT2D eigenvalue weighted by Gasteiger charge is -2.24. The van der Waals surface area contributed by atoms with Crippen LogP contribution in [0.1, 0.15) is 12.8 Å². The number of Topliss-reactive ketones (excluding diaryl/α,β-unsaturated/α-hetero) is 1. The van der Waals surface area contributed by atoms with Gasteiger partial charge in [-0.15, -0.1) is 0 Å². The number of ether oxygens (including phenoxy) is 1. The van der Waals surface area contributed by atoms with E-state index in [1.165, 1.54) is 12.1 Å². The molecule has 0 spiro atoms. The fraction of sp³-hybridized carbons (Fsp3) is 0.300. The van der Waals surface area contributed by atoms with Crippen LogP contribution in [-0.4, -0.2) is 16.8 Å². The fourth-order valence-electron chi connectivity index (χ4n) is 1.37. The van der Waals surface area contributed by atoms with Crippen molar-refractivity contribution in [1.29, 1.82) is 0 Å². The molecule has 0 radical (unpaired) electrons. The summed E-state index contributed by atoms with van der Waals surface area (Å²) in [5.41, 5.74) is 0.0343. The van der Waals surface area contributed by atoms with Crippen molar-refractivity contribution in [3.63, 3.8) is 0 Å². The maximum absolute atomic E-state index is 10.7. The first-order valence-electron chi connectivity index (χ1n) is 4.58. The zero-order valence-electron chi connectivity index (χ0n) is 7.88. The number of ketones is 1. The molecule has 1 saturated carbocycles. The van der Waals surface area contributed by atoms with Crippen LogP contribution in [0.3, 0.4) is 0 Å². The topological polar surface area (TPSA) is 69.4 Å². The predicted molar refractivity (Wildman–Crippen MR) is 51.8 cm³/mol. The van der Waals surface area contributed by atoms with E-state index in [2.05, 4.69) is 0 Å². The van der Waals surface area contributed by atoms with Crippen molar-refractivity contribution in [2.75, 3.05) is 0 Å². The van der Waals surface area contributed by atoms with Gasteiger partial charge in [-0.3, -0.25) is 14.9 Å². The van der Waals surface area contributed by atoms with Crippen molar-refractivity contribution in [2.24, 2.45) is 0 Å². The second-order valence-corrected chi connectivity index (χ2v) is 3.44. The SMILES string of the molecule is O=C1CC(Oc2ccc([N+](=O)[O-])cc2)C1. The number of nitrogens with zero attached hydrogens (tertiary/aromatic N) is 1. The molecular formula is C10H9NO4. The summed E-state index contributed by atoms with van der Waals surface area (Å²) in [6.45, 7) is 0. The molecule has 2 rings (SSSR count). The van der Waals surface area contributed by atoms with E-state index in [0.29, 0.717) is 18.6 Å². The van der Waals surface area contributed by atoms with Gasteiger partial charge in [0, 0.05) is 25.0 Å². The highest BCUT2D eigenvalue weighted by molar-refractivity contribution is 5.85. The third-order valence-electron chi connectivity index (χ3n) is 2.26. The van der Waals surface area contributed by atoms with E-state index in [1.54, 1.807) is 12.1 Å². The van der Waals surface area contributed by atoms with Gasteiger partial charge >= 0.3 is 0 Å². The van der Waals surface area contributed by atoms with Crippen LogP contribution >= 0.6 is 0 Å². The van der Waals surface area contributed by atoms with E-state index >= 15 is 0 Å². The van der Waals surface area contributed by atoms with E-state index < -0.39 is 4.92 Å². The Morgan fingerprint density at radius 2 is 1.87 bits per heavy atom. The molecule has 0 bridgehead atoms.